The van der Waals surface area contributed by atoms with Gasteiger partial charge in [0.05, 0.1) is 0 Å². The molecule has 0 rings (SSSR count). The van der Waals surface area contributed by atoms with Gasteiger partial charge in [-0.3, -0.25) is 0 Å². The monoisotopic (exact) mass is 353 g/mol. The van der Waals surface area contributed by atoms with Crippen molar-refractivity contribution in [1.29, 1.82) is 0 Å². The molecule has 0 heterocycles. The summed E-state index contributed by atoms with van der Waals surface area (Å²) in [6.07, 6.45) is 19.6. The molecular formula is C24H51N. The fourth-order valence-electron chi connectivity index (χ4n) is 3.94. The van der Waals surface area contributed by atoms with Crippen LogP contribution in [0.3, 0.4) is 0 Å². The molecule has 0 bridgehead atoms. The van der Waals surface area contributed by atoms with Crippen molar-refractivity contribution in [3.05, 3.63) is 0 Å². The van der Waals surface area contributed by atoms with Gasteiger partial charge in [0.2, 0.25) is 0 Å². The van der Waals surface area contributed by atoms with Crippen molar-refractivity contribution in [2.24, 2.45) is 11.8 Å². The van der Waals surface area contributed by atoms with E-state index in [1.165, 1.54) is 110 Å². The first kappa shape index (κ1) is 25.0. The highest BCUT2D eigenvalue weighted by molar-refractivity contribution is 4.70. The molecule has 0 fully saturated rings. The molecule has 0 aliphatic rings. The summed E-state index contributed by atoms with van der Waals surface area (Å²) < 4.78 is 0. The molecule has 0 aliphatic heterocycles. The Balaban J connectivity index is 4.40. The maximum absolute atomic E-state index is 2.85. The van der Waals surface area contributed by atoms with Gasteiger partial charge in [-0.25, -0.2) is 0 Å². The molecule has 0 saturated carbocycles. The third-order valence-corrected chi connectivity index (χ3v) is 5.95. The van der Waals surface area contributed by atoms with E-state index in [4.69, 9.17) is 0 Å². The van der Waals surface area contributed by atoms with Crippen molar-refractivity contribution in [2.75, 3.05) is 19.6 Å². The Labute approximate surface area is 161 Å². The molecule has 0 spiro atoms. The van der Waals surface area contributed by atoms with E-state index in [-0.39, 0.29) is 0 Å². The van der Waals surface area contributed by atoms with Gasteiger partial charge in [0.15, 0.2) is 0 Å². The van der Waals surface area contributed by atoms with Gasteiger partial charge in [-0.1, -0.05) is 105 Å². The lowest BCUT2D eigenvalue weighted by Gasteiger charge is -2.30. The summed E-state index contributed by atoms with van der Waals surface area (Å²) >= 11 is 0. The molecule has 2 unspecified atom stereocenters. The molecule has 25 heavy (non-hydrogen) atoms. The Morgan fingerprint density at radius 2 is 0.960 bits per heavy atom. The highest BCUT2D eigenvalue weighted by Gasteiger charge is 2.16. The zero-order valence-corrected chi connectivity index (χ0v) is 18.6. The van der Waals surface area contributed by atoms with Gasteiger partial charge in [0.1, 0.15) is 0 Å². The lowest BCUT2D eigenvalue weighted by atomic mass is 9.95. The van der Waals surface area contributed by atoms with Crippen molar-refractivity contribution in [3.8, 4) is 0 Å². The normalized spacial score (nSPS) is 14.2. The van der Waals surface area contributed by atoms with E-state index in [1.807, 2.05) is 0 Å². The van der Waals surface area contributed by atoms with E-state index < -0.39 is 0 Å². The summed E-state index contributed by atoms with van der Waals surface area (Å²) in [5, 5.41) is 0. The second-order valence-electron chi connectivity index (χ2n) is 8.36. The van der Waals surface area contributed by atoms with E-state index >= 15 is 0 Å². The molecule has 1 heteroatoms. The fourth-order valence-corrected chi connectivity index (χ4v) is 3.94. The third-order valence-electron chi connectivity index (χ3n) is 5.95. The summed E-state index contributed by atoms with van der Waals surface area (Å²) in [4.78, 5) is 2.85. The van der Waals surface area contributed by atoms with Crippen LogP contribution < -0.4 is 0 Å². The Bertz CT molecular complexity index is 232. The van der Waals surface area contributed by atoms with Crippen molar-refractivity contribution in [2.45, 2.75) is 125 Å². The minimum Gasteiger partial charge on any atom is -0.303 e. The summed E-state index contributed by atoms with van der Waals surface area (Å²) in [5.74, 6) is 1.84. The second kappa shape index (κ2) is 18.7. The molecule has 0 saturated heterocycles. The van der Waals surface area contributed by atoms with Crippen LogP contribution in [0, 0.1) is 11.8 Å². The molecule has 0 aromatic heterocycles. The number of hydrogen-bond acceptors (Lipinski definition) is 1. The van der Waals surface area contributed by atoms with Crippen LogP contribution in [0.25, 0.3) is 0 Å². The van der Waals surface area contributed by atoms with Crippen molar-refractivity contribution < 1.29 is 0 Å². The quantitative estimate of drug-likeness (QED) is 0.212. The summed E-state index contributed by atoms with van der Waals surface area (Å²) in [5.41, 5.74) is 0. The van der Waals surface area contributed by atoms with Crippen LogP contribution in [-0.4, -0.2) is 24.5 Å². The Morgan fingerprint density at radius 1 is 0.520 bits per heavy atom. The van der Waals surface area contributed by atoms with Crippen LogP contribution in [0.2, 0.25) is 0 Å². The van der Waals surface area contributed by atoms with Crippen LogP contribution in [0.5, 0.6) is 0 Å². The molecule has 152 valence electrons. The maximum atomic E-state index is 2.85. The van der Waals surface area contributed by atoms with Crippen LogP contribution in [0.1, 0.15) is 125 Å². The Hall–Kier alpha value is -0.0400. The first-order chi connectivity index (χ1) is 12.2. The van der Waals surface area contributed by atoms with Crippen molar-refractivity contribution in [3.63, 3.8) is 0 Å². The van der Waals surface area contributed by atoms with Gasteiger partial charge < -0.3 is 4.90 Å². The standard InChI is InChI=1S/C24H51N/c1-6-11-14-15-16-17-20-25(21-23(9-4)18-12-7-2)22-24(10-5)19-13-8-3/h23-24H,6-22H2,1-5H3. The summed E-state index contributed by atoms with van der Waals surface area (Å²) in [6, 6.07) is 0. The number of nitrogens with zero attached hydrogens (tertiary/aromatic N) is 1. The SMILES string of the molecule is CCCCCCCCN(CC(CC)CCCC)CC(CC)CCCC. The third kappa shape index (κ3) is 14.8. The second-order valence-corrected chi connectivity index (χ2v) is 8.36. The maximum Gasteiger partial charge on any atom is 0.000967 e. The van der Waals surface area contributed by atoms with E-state index in [9.17, 15) is 0 Å². The molecule has 0 radical (unpaired) electrons. The average molecular weight is 354 g/mol. The zero-order valence-electron chi connectivity index (χ0n) is 18.6. The predicted octanol–water partition coefficient (Wildman–Crippen LogP) is 8.08. The first-order valence-electron chi connectivity index (χ1n) is 11.9. The van der Waals surface area contributed by atoms with Gasteiger partial charge in [-0.15, -0.1) is 0 Å². The summed E-state index contributed by atoms with van der Waals surface area (Å²) in [6.45, 7) is 15.8. The zero-order chi connectivity index (χ0) is 18.8. The Kier molecular flexibility index (Phi) is 18.7. The molecule has 0 aromatic rings. The molecule has 1 nitrogen and oxygen atoms in total. The molecule has 2 atom stereocenters. The first-order valence-corrected chi connectivity index (χ1v) is 11.9. The number of rotatable bonds is 19. The van der Waals surface area contributed by atoms with Crippen LogP contribution in [-0.2, 0) is 0 Å². The Morgan fingerprint density at radius 3 is 1.40 bits per heavy atom. The smallest absolute Gasteiger partial charge is 0.000967 e. The highest BCUT2D eigenvalue weighted by Crippen LogP contribution is 2.19. The van der Waals surface area contributed by atoms with Crippen LogP contribution in [0.4, 0.5) is 0 Å². The van der Waals surface area contributed by atoms with E-state index in [2.05, 4.69) is 39.5 Å². The largest absolute Gasteiger partial charge is 0.303 e. The van der Waals surface area contributed by atoms with Crippen LogP contribution in [0.15, 0.2) is 0 Å². The number of hydrogen-bond donors (Lipinski definition) is 0. The lowest BCUT2D eigenvalue weighted by Crippen LogP contribution is -2.35. The van der Waals surface area contributed by atoms with Gasteiger partial charge in [-0.2, -0.15) is 0 Å². The van der Waals surface area contributed by atoms with Crippen LogP contribution >= 0.6 is 0 Å². The number of unbranched alkanes of at least 4 members (excludes halogenated alkanes) is 7. The minimum atomic E-state index is 0.920. The van der Waals surface area contributed by atoms with E-state index in [0.717, 1.165) is 11.8 Å². The van der Waals surface area contributed by atoms with Gasteiger partial charge in [-0.05, 0) is 37.6 Å². The lowest BCUT2D eigenvalue weighted by molar-refractivity contribution is 0.178. The molecule has 0 amide bonds. The van der Waals surface area contributed by atoms with Gasteiger partial charge in [0.25, 0.3) is 0 Å². The minimum absolute atomic E-state index is 0.920. The molecule has 0 N–H and O–H groups in total. The highest BCUT2D eigenvalue weighted by atomic mass is 15.1. The van der Waals surface area contributed by atoms with Crippen molar-refractivity contribution in [1.82, 2.24) is 4.90 Å². The molecular weight excluding hydrogens is 302 g/mol. The van der Waals surface area contributed by atoms with E-state index in [0.29, 0.717) is 0 Å². The van der Waals surface area contributed by atoms with Gasteiger partial charge in [0, 0.05) is 13.1 Å². The van der Waals surface area contributed by atoms with E-state index in [1.54, 1.807) is 0 Å². The van der Waals surface area contributed by atoms with Crippen molar-refractivity contribution >= 4 is 0 Å². The fraction of sp³-hybridized carbons (Fsp3) is 1.00. The molecule has 0 aromatic carbocycles. The predicted molar refractivity (Wildman–Crippen MR) is 116 cm³/mol. The topological polar surface area (TPSA) is 3.24 Å². The summed E-state index contributed by atoms with van der Waals surface area (Å²) in [7, 11) is 0. The molecule has 0 aliphatic carbocycles. The van der Waals surface area contributed by atoms with Gasteiger partial charge >= 0.3 is 0 Å². The average Bonchev–Trinajstić information content (AvgIpc) is 2.64.